The molecule has 82 valence electrons. The normalized spacial score (nSPS) is 10.1. The number of carbonyl (C=O) groups is 1. The van der Waals surface area contributed by atoms with Crippen LogP contribution in [0.1, 0.15) is 17.3 Å². The van der Waals surface area contributed by atoms with Crippen LogP contribution in [0.3, 0.4) is 0 Å². The van der Waals surface area contributed by atoms with Crippen molar-refractivity contribution < 1.29 is 9.53 Å². The van der Waals surface area contributed by atoms with Gasteiger partial charge in [-0.1, -0.05) is 0 Å². The van der Waals surface area contributed by atoms with Gasteiger partial charge in [-0.3, -0.25) is 4.79 Å². The Labute approximate surface area is 91.8 Å². The summed E-state index contributed by atoms with van der Waals surface area (Å²) < 4.78 is 6.85. The first-order chi connectivity index (χ1) is 7.75. The molecule has 0 aliphatic heterocycles. The lowest BCUT2D eigenvalue weighted by atomic mass is 10.1. The van der Waals surface area contributed by atoms with E-state index in [0.29, 0.717) is 11.3 Å². The van der Waals surface area contributed by atoms with E-state index in [9.17, 15) is 4.79 Å². The summed E-state index contributed by atoms with van der Waals surface area (Å²) in [6, 6.07) is 6.91. The highest BCUT2D eigenvalue weighted by atomic mass is 16.5. The topological polar surface area (TPSA) is 69.9 Å². The van der Waals surface area contributed by atoms with Gasteiger partial charge in [-0.2, -0.15) is 4.68 Å². The quantitative estimate of drug-likeness (QED) is 0.713. The molecule has 1 aromatic heterocycles. The molecule has 0 aliphatic carbocycles. The number of aromatic nitrogens is 4. The van der Waals surface area contributed by atoms with Crippen molar-refractivity contribution in [2.75, 3.05) is 0 Å². The molecule has 1 aromatic carbocycles. The smallest absolute Gasteiger partial charge is 0.184 e. The average molecular weight is 218 g/mol. The summed E-state index contributed by atoms with van der Waals surface area (Å²) in [5, 5.41) is 10.6. The number of hydrogen-bond donors (Lipinski definition) is 0. The minimum atomic E-state index is 0.0343. The number of Topliss-reactive ketones (excluding diaryl/α,β-unsaturated/α-hetero) is 1. The second kappa shape index (κ2) is 4.52. The number of hydrogen-bond acceptors (Lipinski definition) is 5. The Morgan fingerprint density at radius 2 is 2.12 bits per heavy atom. The molecule has 2 aromatic rings. The van der Waals surface area contributed by atoms with Crippen LogP contribution in [0.25, 0.3) is 0 Å². The van der Waals surface area contributed by atoms with Crippen molar-refractivity contribution >= 4 is 5.78 Å². The number of tetrazole rings is 1. The fourth-order valence-corrected chi connectivity index (χ4v) is 1.17. The third-order valence-corrected chi connectivity index (χ3v) is 2.02. The first-order valence-corrected chi connectivity index (χ1v) is 4.70. The van der Waals surface area contributed by atoms with Gasteiger partial charge in [0.05, 0.1) is 0 Å². The predicted molar refractivity (Wildman–Crippen MR) is 54.9 cm³/mol. The van der Waals surface area contributed by atoms with Crippen LogP contribution in [0.5, 0.6) is 5.75 Å². The van der Waals surface area contributed by atoms with Crippen molar-refractivity contribution in [3.05, 3.63) is 36.2 Å². The lowest BCUT2D eigenvalue weighted by Crippen LogP contribution is -2.05. The van der Waals surface area contributed by atoms with Crippen LogP contribution in [0, 0.1) is 0 Å². The zero-order valence-corrected chi connectivity index (χ0v) is 8.70. The maximum absolute atomic E-state index is 11.0. The molecular weight excluding hydrogens is 208 g/mol. The molecule has 2 rings (SSSR count). The van der Waals surface area contributed by atoms with Crippen LogP contribution in [0.4, 0.5) is 0 Å². The largest absolute Gasteiger partial charge is 0.471 e. The predicted octanol–water partition coefficient (Wildman–Crippen LogP) is 0.912. The van der Waals surface area contributed by atoms with Gasteiger partial charge in [0.15, 0.2) is 12.5 Å². The zero-order chi connectivity index (χ0) is 11.4. The van der Waals surface area contributed by atoms with E-state index < -0.39 is 0 Å². The SMILES string of the molecule is CC(=O)c1ccc(OCn2cnnn2)cc1. The van der Waals surface area contributed by atoms with Gasteiger partial charge in [-0.15, -0.1) is 5.10 Å². The molecule has 0 saturated heterocycles. The van der Waals surface area contributed by atoms with Crippen molar-refractivity contribution in [2.45, 2.75) is 13.7 Å². The molecule has 0 radical (unpaired) electrons. The molecule has 0 N–H and O–H groups in total. The van der Waals surface area contributed by atoms with Gasteiger partial charge in [-0.25, -0.2) is 0 Å². The van der Waals surface area contributed by atoms with Gasteiger partial charge in [0.25, 0.3) is 0 Å². The summed E-state index contributed by atoms with van der Waals surface area (Å²) in [5.41, 5.74) is 0.662. The summed E-state index contributed by atoms with van der Waals surface area (Å²) in [4.78, 5) is 11.0. The molecule has 0 spiro atoms. The Morgan fingerprint density at radius 3 is 2.69 bits per heavy atom. The summed E-state index contributed by atoms with van der Waals surface area (Å²) in [6.45, 7) is 1.77. The first-order valence-electron chi connectivity index (χ1n) is 4.70. The first kappa shape index (κ1) is 10.3. The molecule has 0 aliphatic rings. The monoisotopic (exact) mass is 218 g/mol. The summed E-state index contributed by atoms with van der Waals surface area (Å²) in [7, 11) is 0. The van der Waals surface area contributed by atoms with E-state index >= 15 is 0 Å². The average Bonchev–Trinajstić information content (AvgIpc) is 2.80. The van der Waals surface area contributed by atoms with Crippen molar-refractivity contribution in [3.8, 4) is 5.75 Å². The zero-order valence-electron chi connectivity index (χ0n) is 8.70. The van der Waals surface area contributed by atoms with E-state index in [1.54, 1.807) is 24.3 Å². The van der Waals surface area contributed by atoms with E-state index in [1.165, 1.54) is 17.9 Å². The minimum Gasteiger partial charge on any atom is -0.471 e. The summed E-state index contributed by atoms with van der Waals surface area (Å²) in [5.74, 6) is 0.701. The van der Waals surface area contributed by atoms with Crippen molar-refractivity contribution in [1.82, 2.24) is 20.2 Å². The molecule has 6 heteroatoms. The van der Waals surface area contributed by atoms with Gasteiger partial charge in [-0.05, 0) is 41.6 Å². The van der Waals surface area contributed by atoms with E-state index in [0.717, 1.165) is 0 Å². The van der Waals surface area contributed by atoms with Crippen LogP contribution in [0.2, 0.25) is 0 Å². The minimum absolute atomic E-state index is 0.0343. The highest BCUT2D eigenvalue weighted by Gasteiger charge is 1.99. The number of ketones is 1. The molecule has 0 saturated carbocycles. The van der Waals surface area contributed by atoms with Crippen LogP contribution in [0.15, 0.2) is 30.6 Å². The number of carbonyl (C=O) groups excluding carboxylic acids is 1. The Kier molecular flexibility index (Phi) is 2.90. The van der Waals surface area contributed by atoms with Crippen LogP contribution in [-0.4, -0.2) is 26.0 Å². The van der Waals surface area contributed by atoms with Crippen molar-refractivity contribution in [2.24, 2.45) is 0 Å². The van der Waals surface area contributed by atoms with Crippen LogP contribution < -0.4 is 4.74 Å². The highest BCUT2D eigenvalue weighted by molar-refractivity contribution is 5.94. The van der Waals surface area contributed by atoms with E-state index in [-0.39, 0.29) is 12.5 Å². The lowest BCUT2D eigenvalue weighted by Gasteiger charge is -2.05. The number of benzene rings is 1. The molecule has 0 amide bonds. The second-order valence-corrected chi connectivity index (χ2v) is 3.20. The molecule has 6 nitrogen and oxygen atoms in total. The lowest BCUT2D eigenvalue weighted by molar-refractivity contribution is 0.101. The molecule has 16 heavy (non-hydrogen) atoms. The molecule has 0 fully saturated rings. The Bertz CT molecular complexity index is 464. The summed E-state index contributed by atoms with van der Waals surface area (Å²) in [6.07, 6.45) is 1.46. The molecule has 1 heterocycles. The Hall–Kier alpha value is -2.24. The van der Waals surface area contributed by atoms with E-state index in [2.05, 4.69) is 15.5 Å². The van der Waals surface area contributed by atoms with Gasteiger partial charge in [0, 0.05) is 5.56 Å². The number of nitrogens with zero attached hydrogens (tertiary/aromatic N) is 4. The van der Waals surface area contributed by atoms with Gasteiger partial charge < -0.3 is 4.74 Å². The fourth-order valence-electron chi connectivity index (χ4n) is 1.17. The van der Waals surface area contributed by atoms with E-state index in [1.807, 2.05) is 0 Å². The molecule has 0 unspecified atom stereocenters. The van der Waals surface area contributed by atoms with E-state index in [4.69, 9.17) is 4.74 Å². The standard InChI is InChI=1S/C10H10N4O2/c1-8(15)9-2-4-10(5-3-9)16-7-14-6-11-12-13-14/h2-6H,7H2,1H3. The Balaban J connectivity index is 1.98. The van der Waals surface area contributed by atoms with Gasteiger partial charge in [0.1, 0.15) is 12.1 Å². The third kappa shape index (κ3) is 2.41. The van der Waals surface area contributed by atoms with Gasteiger partial charge >= 0.3 is 0 Å². The highest BCUT2D eigenvalue weighted by Crippen LogP contribution is 2.12. The second-order valence-electron chi connectivity index (χ2n) is 3.20. The van der Waals surface area contributed by atoms with Crippen molar-refractivity contribution in [3.63, 3.8) is 0 Å². The molecule has 0 bridgehead atoms. The fraction of sp³-hybridized carbons (Fsp3) is 0.200. The number of ether oxygens (including phenoxy) is 1. The maximum atomic E-state index is 11.0. The third-order valence-electron chi connectivity index (χ3n) is 2.02. The molecule has 0 atom stereocenters. The van der Waals surface area contributed by atoms with Crippen LogP contribution >= 0.6 is 0 Å². The Morgan fingerprint density at radius 1 is 1.38 bits per heavy atom. The number of rotatable bonds is 4. The maximum Gasteiger partial charge on any atom is 0.184 e. The van der Waals surface area contributed by atoms with Crippen LogP contribution in [-0.2, 0) is 6.73 Å². The summed E-state index contributed by atoms with van der Waals surface area (Å²) >= 11 is 0. The van der Waals surface area contributed by atoms with Crippen molar-refractivity contribution in [1.29, 1.82) is 0 Å². The molecular formula is C10H10N4O2. The van der Waals surface area contributed by atoms with Gasteiger partial charge in [0.2, 0.25) is 0 Å².